The summed E-state index contributed by atoms with van der Waals surface area (Å²) in [7, 11) is 0. The molecule has 4 heteroatoms. The number of hydrogen-bond donors (Lipinski definition) is 1. The predicted octanol–water partition coefficient (Wildman–Crippen LogP) is 7.53. The average molecular weight is 513 g/mol. The van der Waals surface area contributed by atoms with Crippen molar-refractivity contribution in [2.24, 2.45) is 34.6 Å². The van der Waals surface area contributed by atoms with Crippen LogP contribution in [0.15, 0.2) is 75.6 Å². The Morgan fingerprint density at radius 3 is 2.87 bits per heavy atom. The fourth-order valence-corrected chi connectivity index (χ4v) is 7.70. The molecule has 0 spiro atoms. The number of carbonyl (C=O) groups excluding carboxylic acids is 1. The van der Waals surface area contributed by atoms with E-state index in [0.717, 1.165) is 37.5 Å². The smallest absolute Gasteiger partial charge is 0.166 e. The van der Waals surface area contributed by atoms with Gasteiger partial charge >= 0.3 is 0 Å². The molecule has 6 unspecified atom stereocenters. The second kappa shape index (κ2) is 11.3. The number of Topliss-reactive ketones (excluding diaryl/α,β-unsaturated/α-hetero) is 1. The molecule has 0 aromatic carbocycles. The maximum absolute atomic E-state index is 12.9. The Balaban J connectivity index is 1.32. The largest absolute Gasteiger partial charge is 0.358 e. The molecular formula is C34H44N2O2. The number of nitrogens with one attached hydrogen (secondary N) is 1. The van der Waals surface area contributed by atoms with Crippen molar-refractivity contribution in [1.82, 2.24) is 5.32 Å². The summed E-state index contributed by atoms with van der Waals surface area (Å²) in [4.78, 5) is 18.1. The molecule has 0 aromatic rings. The van der Waals surface area contributed by atoms with E-state index in [4.69, 9.17) is 9.73 Å². The van der Waals surface area contributed by atoms with Gasteiger partial charge in [0.2, 0.25) is 0 Å². The van der Waals surface area contributed by atoms with E-state index in [-0.39, 0.29) is 12.0 Å². The third-order valence-electron chi connectivity index (χ3n) is 9.86. The number of nitrogens with zero attached hydrogens (tertiary/aromatic N) is 1. The monoisotopic (exact) mass is 512 g/mol. The second-order valence-corrected chi connectivity index (χ2v) is 12.2. The average Bonchev–Trinajstić information content (AvgIpc) is 2.96. The summed E-state index contributed by atoms with van der Waals surface area (Å²) < 4.78 is 6.55. The van der Waals surface area contributed by atoms with Gasteiger partial charge in [0.05, 0.1) is 17.9 Å². The molecule has 202 valence electrons. The van der Waals surface area contributed by atoms with Gasteiger partial charge in [0, 0.05) is 18.8 Å². The predicted molar refractivity (Wildman–Crippen MR) is 154 cm³/mol. The maximum Gasteiger partial charge on any atom is 0.166 e. The van der Waals surface area contributed by atoms with Crippen LogP contribution in [0.3, 0.4) is 0 Å². The lowest BCUT2D eigenvalue weighted by Crippen LogP contribution is -2.44. The molecular weight excluding hydrogens is 468 g/mol. The van der Waals surface area contributed by atoms with Crippen molar-refractivity contribution in [3.63, 3.8) is 0 Å². The Kier molecular flexibility index (Phi) is 7.70. The normalized spacial score (nSPS) is 34.5. The van der Waals surface area contributed by atoms with Crippen molar-refractivity contribution < 1.29 is 9.53 Å². The molecule has 1 fully saturated rings. The van der Waals surface area contributed by atoms with E-state index >= 15 is 0 Å². The highest BCUT2D eigenvalue weighted by atomic mass is 16.5. The summed E-state index contributed by atoms with van der Waals surface area (Å²) in [5.74, 6) is 3.85. The minimum absolute atomic E-state index is 0.160. The first-order chi connectivity index (χ1) is 18.7. The molecule has 0 aromatic heterocycles. The van der Waals surface area contributed by atoms with Crippen LogP contribution in [-0.4, -0.2) is 24.3 Å². The van der Waals surface area contributed by atoms with Gasteiger partial charge in [0.1, 0.15) is 12.0 Å². The lowest BCUT2D eigenvalue weighted by molar-refractivity contribution is -0.115. The molecule has 1 saturated carbocycles. The highest BCUT2D eigenvalue weighted by Gasteiger charge is 2.46. The fraction of sp³-hybridized carbons (Fsp3) is 0.588. The number of hydrogen-bond acceptors (Lipinski definition) is 4. The SMILES string of the molecule is CCCCC(CC)COC1CC(C2=CC=C3CCC4CCC=C5C=CC2C3C54)=NC(=C2C=CCCC2=O)N1. The Hall–Kier alpha value is -2.46. The summed E-state index contributed by atoms with van der Waals surface area (Å²) in [5.41, 5.74) is 6.34. The molecule has 6 rings (SSSR count). The molecule has 1 heterocycles. The summed E-state index contributed by atoms with van der Waals surface area (Å²) in [6.07, 6.45) is 28.1. The minimum Gasteiger partial charge on any atom is -0.358 e. The molecule has 0 amide bonds. The van der Waals surface area contributed by atoms with E-state index in [0.29, 0.717) is 41.5 Å². The van der Waals surface area contributed by atoms with E-state index in [1.54, 1.807) is 11.1 Å². The van der Waals surface area contributed by atoms with Crippen LogP contribution < -0.4 is 5.32 Å². The van der Waals surface area contributed by atoms with E-state index < -0.39 is 0 Å². The van der Waals surface area contributed by atoms with Crippen LogP contribution >= 0.6 is 0 Å². The summed E-state index contributed by atoms with van der Waals surface area (Å²) in [6.45, 7) is 5.27. The highest BCUT2D eigenvalue weighted by molar-refractivity contribution is 6.05. The van der Waals surface area contributed by atoms with Crippen LogP contribution in [0.25, 0.3) is 0 Å². The Bertz CT molecular complexity index is 1160. The van der Waals surface area contributed by atoms with Crippen molar-refractivity contribution in [2.45, 2.75) is 90.7 Å². The number of ether oxygens (including phenoxy) is 1. The van der Waals surface area contributed by atoms with Crippen molar-refractivity contribution in [2.75, 3.05) is 6.61 Å². The molecule has 0 saturated heterocycles. The standard InChI is InChI=1S/C34H44N2O2/c1-3-5-9-22(4-2)21-38-31-20-29(35-34(36-31)28-12-6-7-13-30(28)37)26-18-16-25-15-14-23-10-8-11-24-17-19-27(26)33(25)32(23)24/h6,11-12,16-19,22-23,27,31-33,36H,3-5,7-10,13-15,20-21H2,1-2H3. The lowest BCUT2D eigenvalue weighted by Gasteiger charge is -2.50. The summed E-state index contributed by atoms with van der Waals surface area (Å²) >= 11 is 0. The van der Waals surface area contributed by atoms with Gasteiger partial charge in [-0.2, -0.15) is 0 Å². The molecule has 4 nitrogen and oxygen atoms in total. The zero-order valence-corrected chi connectivity index (χ0v) is 23.3. The van der Waals surface area contributed by atoms with Crippen LogP contribution in [-0.2, 0) is 9.53 Å². The zero-order chi connectivity index (χ0) is 26.1. The zero-order valence-electron chi connectivity index (χ0n) is 23.3. The van der Waals surface area contributed by atoms with Crippen molar-refractivity contribution in [3.8, 4) is 0 Å². The number of aliphatic imine (C=N–C) groups is 1. The maximum atomic E-state index is 12.9. The first kappa shape index (κ1) is 25.8. The summed E-state index contributed by atoms with van der Waals surface area (Å²) in [5, 5.41) is 3.53. The quantitative estimate of drug-likeness (QED) is 0.342. The van der Waals surface area contributed by atoms with Gasteiger partial charge in [-0.3, -0.25) is 4.79 Å². The van der Waals surface area contributed by atoms with Gasteiger partial charge in [-0.15, -0.1) is 0 Å². The van der Waals surface area contributed by atoms with Crippen LogP contribution in [0, 0.1) is 29.6 Å². The van der Waals surface area contributed by atoms with Crippen molar-refractivity contribution in [3.05, 3.63) is 70.6 Å². The highest BCUT2D eigenvalue weighted by Crippen LogP contribution is 2.55. The van der Waals surface area contributed by atoms with E-state index in [1.807, 2.05) is 6.08 Å². The minimum atomic E-state index is -0.160. The molecule has 5 aliphatic carbocycles. The molecule has 38 heavy (non-hydrogen) atoms. The Morgan fingerprint density at radius 2 is 2.03 bits per heavy atom. The Morgan fingerprint density at radius 1 is 1.11 bits per heavy atom. The van der Waals surface area contributed by atoms with Crippen LogP contribution in [0.5, 0.6) is 0 Å². The number of ketones is 1. The molecule has 1 N–H and O–H groups in total. The molecule has 0 radical (unpaired) electrons. The van der Waals surface area contributed by atoms with Crippen LogP contribution in [0.4, 0.5) is 0 Å². The summed E-state index contributed by atoms with van der Waals surface area (Å²) in [6, 6.07) is 0. The molecule has 6 aliphatic rings. The number of unbranched alkanes of at least 4 members (excludes halogenated alkanes) is 1. The van der Waals surface area contributed by atoms with E-state index in [9.17, 15) is 4.79 Å². The lowest BCUT2D eigenvalue weighted by atomic mass is 9.55. The van der Waals surface area contributed by atoms with Crippen molar-refractivity contribution >= 4 is 11.5 Å². The van der Waals surface area contributed by atoms with Crippen molar-refractivity contribution in [1.29, 1.82) is 0 Å². The third kappa shape index (κ3) is 4.97. The molecule has 6 atom stereocenters. The van der Waals surface area contributed by atoms with Gasteiger partial charge in [0.15, 0.2) is 5.78 Å². The van der Waals surface area contributed by atoms with E-state index in [2.05, 4.69) is 55.6 Å². The van der Waals surface area contributed by atoms with Crippen LogP contribution in [0.1, 0.15) is 84.5 Å². The Labute approximate surface area is 228 Å². The number of allylic oxidation sites excluding steroid dienone is 11. The third-order valence-corrected chi connectivity index (χ3v) is 9.86. The van der Waals surface area contributed by atoms with Crippen LogP contribution in [0.2, 0.25) is 0 Å². The number of rotatable bonds is 8. The van der Waals surface area contributed by atoms with Gasteiger partial charge in [0.25, 0.3) is 0 Å². The number of carbonyl (C=O) groups is 1. The topological polar surface area (TPSA) is 50.7 Å². The van der Waals surface area contributed by atoms with Gasteiger partial charge in [-0.25, -0.2) is 4.99 Å². The molecule has 0 bridgehead atoms. The van der Waals surface area contributed by atoms with E-state index in [1.165, 1.54) is 50.5 Å². The fourth-order valence-electron chi connectivity index (χ4n) is 7.70. The van der Waals surface area contributed by atoms with Gasteiger partial charge in [-0.05, 0) is 73.3 Å². The first-order valence-electron chi connectivity index (χ1n) is 15.3. The first-order valence-corrected chi connectivity index (χ1v) is 15.3. The second-order valence-electron chi connectivity index (χ2n) is 12.2. The molecule has 1 aliphatic heterocycles. The van der Waals surface area contributed by atoms with Gasteiger partial charge < -0.3 is 10.1 Å². The van der Waals surface area contributed by atoms with Gasteiger partial charge in [-0.1, -0.05) is 81.2 Å².